The van der Waals surface area contributed by atoms with Crippen LogP contribution in [-0.2, 0) is 16.0 Å². The van der Waals surface area contributed by atoms with Crippen LogP contribution < -0.4 is 27.4 Å². The van der Waals surface area contributed by atoms with Crippen LogP contribution in [0.2, 0.25) is 0 Å². The Kier molecular flexibility index (Phi) is 11.7. The molecule has 4 aromatic rings. The summed E-state index contributed by atoms with van der Waals surface area (Å²) in [6, 6.07) is 11.8. The molecular formula is C34H39ClF3N7O4. The van der Waals surface area contributed by atoms with Crippen LogP contribution in [0.25, 0.3) is 22.2 Å². The molecule has 262 valence electrons. The van der Waals surface area contributed by atoms with Gasteiger partial charge in [-0.1, -0.05) is 30.3 Å². The van der Waals surface area contributed by atoms with Gasteiger partial charge in [-0.15, -0.1) is 12.4 Å². The number of halogens is 4. The second-order valence-corrected chi connectivity index (χ2v) is 12.3. The molecular weight excluding hydrogens is 663 g/mol. The third kappa shape index (κ3) is 8.56. The summed E-state index contributed by atoms with van der Waals surface area (Å²) in [7, 11) is 0. The minimum absolute atomic E-state index is 0. The molecule has 1 saturated carbocycles. The summed E-state index contributed by atoms with van der Waals surface area (Å²) in [5.74, 6) is -1.87. The molecule has 0 spiro atoms. The molecule has 0 aliphatic heterocycles. The highest BCUT2D eigenvalue weighted by Crippen LogP contribution is 2.32. The van der Waals surface area contributed by atoms with E-state index in [1.54, 1.807) is 55.5 Å². The van der Waals surface area contributed by atoms with Gasteiger partial charge in [0.15, 0.2) is 0 Å². The number of aromatic nitrogens is 3. The molecule has 3 amide bonds. The van der Waals surface area contributed by atoms with E-state index in [4.69, 9.17) is 11.5 Å². The molecule has 15 heteroatoms. The number of anilines is 1. The Bertz CT molecular complexity index is 1870. The first kappa shape index (κ1) is 37.3. The zero-order valence-corrected chi connectivity index (χ0v) is 27.8. The van der Waals surface area contributed by atoms with Gasteiger partial charge in [0, 0.05) is 17.2 Å². The second-order valence-electron chi connectivity index (χ2n) is 12.3. The molecule has 49 heavy (non-hydrogen) atoms. The number of aromatic amines is 2. The van der Waals surface area contributed by atoms with Crippen molar-refractivity contribution in [3.05, 3.63) is 82.0 Å². The van der Waals surface area contributed by atoms with E-state index in [1.165, 1.54) is 6.07 Å². The summed E-state index contributed by atoms with van der Waals surface area (Å²) in [5, 5.41) is 1.90. The third-order valence-corrected chi connectivity index (χ3v) is 8.92. The lowest BCUT2D eigenvalue weighted by atomic mass is 9.81. The van der Waals surface area contributed by atoms with Crippen molar-refractivity contribution in [3.8, 4) is 11.1 Å². The Morgan fingerprint density at radius 2 is 1.65 bits per heavy atom. The topological polar surface area (TPSA) is 180 Å². The summed E-state index contributed by atoms with van der Waals surface area (Å²) >= 11 is 0. The Hall–Kier alpha value is -4.53. The normalized spacial score (nSPS) is 17.5. The van der Waals surface area contributed by atoms with E-state index in [0.29, 0.717) is 53.3 Å². The van der Waals surface area contributed by atoms with Gasteiger partial charge in [0.1, 0.15) is 11.7 Å². The molecule has 0 saturated heterocycles. The van der Waals surface area contributed by atoms with Crippen LogP contribution >= 0.6 is 12.4 Å². The van der Waals surface area contributed by atoms with Gasteiger partial charge in [0.05, 0.1) is 22.8 Å². The predicted molar refractivity (Wildman–Crippen MR) is 182 cm³/mol. The number of hydrogen-bond acceptors (Lipinski definition) is 7. The molecule has 2 aromatic heterocycles. The van der Waals surface area contributed by atoms with Crippen LogP contribution in [0.3, 0.4) is 0 Å². The number of rotatable bonds is 9. The Balaban J connectivity index is 0.00000541. The van der Waals surface area contributed by atoms with Crippen molar-refractivity contribution in [2.45, 2.75) is 64.2 Å². The number of alkyl halides is 3. The minimum Gasteiger partial charge on any atom is -0.339 e. The average molecular weight is 702 g/mol. The van der Waals surface area contributed by atoms with E-state index < -0.39 is 35.8 Å². The van der Waals surface area contributed by atoms with Crippen LogP contribution in [0.1, 0.15) is 54.4 Å². The molecule has 1 aliphatic carbocycles. The Labute approximate surface area is 286 Å². The van der Waals surface area contributed by atoms with Gasteiger partial charge < -0.3 is 26.8 Å². The standard InChI is InChI=1S/C34H38F3N7O4.ClH/c1-18-25(12-14-28(40-18)30(45)41-19(2)34(35,36)37)22-7-3-20(4-8-22)15-26(39)32(47)44(31(46)23-9-5-21(17-38)6-10-23)24-11-13-27-29(16-24)43-33(48)42-27;/h3-4,7-8,11-14,16,19,21,23,26H,5-6,9-10,15,17,38-39H2,1-2H3,(H,41,45)(H2,42,43,48);1H/t19?,21?,23?,26-;/m0./s1. The molecule has 11 nitrogen and oxygen atoms in total. The monoisotopic (exact) mass is 701 g/mol. The number of hydrogen-bond donors (Lipinski definition) is 5. The Morgan fingerprint density at radius 3 is 2.27 bits per heavy atom. The van der Waals surface area contributed by atoms with Crippen LogP contribution in [0.5, 0.6) is 0 Å². The molecule has 1 aliphatic rings. The number of nitrogens with two attached hydrogens (primary N) is 2. The molecule has 0 bridgehead atoms. The lowest BCUT2D eigenvalue weighted by molar-refractivity contribution is -0.149. The van der Waals surface area contributed by atoms with Crippen LogP contribution in [-0.4, -0.2) is 57.5 Å². The van der Waals surface area contributed by atoms with Crippen molar-refractivity contribution >= 4 is 46.8 Å². The van der Waals surface area contributed by atoms with E-state index in [-0.39, 0.29) is 36.3 Å². The lowest BCUT2D eigenvalue weighted by Gasteiger charge is -2.32. The maximum Gasteiger partial charge on any atom is 0.408 e. The summed E-state index contributed by atoms with van der Waals surface area (Å²) in [5.41, 5.74) is 15.6. The van der Waals surface area contributed by atoms with Gasteiger partial charge in [0.25, 0.3) is 11.8 Å². The molecule has 2 aromatic carbocycles. The third-order valence-electron chi connectivity index (χ3n) is 8.92. The number of fused-ring (bicyclic) bond motifs is 1. The first-order chi connectivity index (χ1) is 22.7. The van der Waals surface area contributed by atoms with Gasteiger partial charge in [-0.2, -0.15) is 13.2 Å². The van der Waals surface area contributed by atoms with E-state index in [2.05, 4.69) is 15.0 Å². The van der Waals surface area contributed by atoms with Crippen LogP contribution in [0.4, 0.5) is 18.9 Å². The highest BCUT2D eigenvalue weighted by Gasteiger charge is 2.38. The largest absolute Gasteiger partial charge is 0.408 e. The first-order valence-corrected chi connectivity index (χ1v) is 15.7. The van der Waals surface area contributed by atoms with Crippen LogP contribution in [0, 0.1) is 18.8 Å². The average Bonchev–Trinajstić information content (AvgIpc) is 3.44. The van der Waals surface area contributed by atoms with Crippen molar-refractivity contribution in [2.75, 3.05) is 11.4 Å². The smallest absolute Gasteiger partial charge is 0.339 e. The number of aryl methyl sites for hydroxylation is 1. The maximum absolute atomic E-state index is 13.9. The van der Waals surface area contributed by atoms with Crippen molar-refractivity contribution in [2.24, 2.45) is 23.3 Å². The number of nitrogens with zero attached hydrogens (tertiary/aromatic N) is 2. The number of H-pyrrole nitrogens is 2. The van der Waals surface area contributed by atoms with E-state index >= 15 is 0 Å². The molecule has 1 unspecified atom stereocenters. The molecule has 7 N–H and O–H groups in total. The van der Waals surface area contributed by atoms with E-state index in [1.807, 2.05) is 5.32 Å². The van der Waals surface area contributed by atoms with E-state index in [9.17, 15) is 32.3 Å². The molecule has 2 atom stereocenters. The van der Waals surface area contributed by atoms with Gasteiger partial charge in [-0.3, -0.25) is 14.4 Å². The summed E-state index contributed by atoms with van der Waals surface area (Å²) in [6.45, 7) is 3.06. The van der Waals surface area contributed by atoms with Gasteiger partial charge >= 0.3 is 11.9 Å². The fourth-order valence-electron chi connectivity index (χ4n) is 6.02. The van der Waals surface area contributed by atoms with Gasteiger partial charge in [-0.05, 0) is 93.8 Å². The quantitative estimate of drug-likeness (QED) is 0.170. The second kappa shape index (κ2) is 15.3. The zero-order valence-electron chi connectivity index (χ0n) is 27.0. The molecule has 2 heterocycles. The lowest BCUT2D eigenvalue weighted by Crippen LogP contribution is -2.50. The number of pyridine rings is 1. The summed E-state index contributed by atoms with van der Waals surface area (Å²) in [6.07, 6.45) is -1.65. The maximum atomic E-state index is 13.9. The SMILES string of the molecule is Cc1nc(C(=O)NC(C)C(F)(F)F)ccc1-c1ccc(C[C@H](N)C(=O)N(C(=O)C2CCC(CN)CC2)c2ccc3[nH]c(=O)[nH]c3c2)cc1.Cl. The summed E-state index contributed by atoms with van der Waals surface area (Å²) in [4.78, 5) is 62.6. The van der Waals surface area contributed by atoms with E-state index in [0.717, 1.165) is 35.8 Å². The highest BCUT2D eigenvalue weighted by molar-refractivity contribution is 6.17. The highest BCUT2D eigenvalue weighted by atomic mass is 35.5. The fourth-order valence-corrected chi connectivity index (χ4v) is 6.02. The summed E-state index contributed by atoms with van der Waals surface area (Å²) < 4.78 is 38.6. The molecule has 1 fully saturated rings. The number of carbonyl (C=O) groups is 3. The number of nitrogens with one attached hydrogen (secondary N) is 3. The zero-order chi connectivity index (χ0) is 34.7. The van der Waals surface area contributed by atoms with Gasteiger partial charge in [-0.25, -0.2) is 14.7 Å². The number of carbonyl (C=O) groups excluding carboxylic acids is 3. The van der Waals surface area contributed by atoms with Crippen molar-refractivity contribution in [1.82, 2.24) is 20.3 Å². The molecule has 0 radical (unpaired) electrons. The molecule has 5 rings (SSSR count). The van der Waals surface area contributed by atoms with Crippen molar-refractivity contribution < 1.29 is 27.6 Å². The predicted octanol–water partition coefficient (Wildman–Crippen LogP) is 4.52. The van der Waals surface area contributed by atoms with Crippen LogP contribution in [0.15, 0.2) is 59.4 Å². The van der Waals surface area contributed by atoms with Crippen molar-refractivity contribution in [3.63, 3.8) is 0 Å². The fraction of sp³-hybridized carbons (Fsp3) is 0.382. The van der Waals surface area contributed by atoms with Crippen molar-refractivity contribution in [1.29, 1.82) is 0 Å². The number of imide groups is 1. The van der Waals surface area contributed by atoms with Gasteiger partial charge in [0.2, 0.25) is 5.91 Å². The number of amides is 3. The minimum atomic E-state index is -4.57. The number of imidazole rings is 1. The first-order valence-electron chi connectivity index (χ1n) is 15.7. The number of benzene rings is 2. The Morgan fingerprint density at radius 1 is 1.00 bits per heavy atom.